The van der Waals surface area contributed by atoms with Crippen molar-refractivity contribution < 1.29 is 0 Å². The second-order valence-corrected chi connectivity index (χ2v) is 7.31. The summed E-state index contributed by atoms with van der Waals surface area (Å²) in [6, 6.07) is 0.529. The van der Waals surface area contributed by atoms with E-state index in [-0.39, 0.29) is 0 Å². The van der Waals surface area contributed by atoms with Crippen LogP contribution in [-0.4, -0.2) is 19.6 Å². The van der Waals surface area contributed by atoms with Gasteiger partial charge >= 0.3 is 0 Å². The number of nitrogens with one attached hydrogen (secondary N) is 1. The van der Waals surface area contributed by atoms with E-state index in [9.17, 15) is 0 Å². The van der Waals surface area contributed by atoms with E-state index in [1.54, 1.807) is 0 Å². The molecule has 0 radical (unpaired) electrons. The van der Waals surface area contributed by atoms with Crippen molar-refractivity contribution in [3.63, 3.8) is 0 Å². The highest BCUT2D eigenvalue weighted by Crippen LogP contribution is 2.14. The van der Waals surface area contributed by atoms with Gasteiger partial charge in [0.2, 0.25) is 0 Å². The number of unbranched alkanes of at least 4 members (excludes halogenated alkanes) is 15. The Morgan fingerprint density at radius 3 is 1.26 bits per heavy atom. The molecule has 0 saturated heterocycles. The number of hydrogen-bond donors (Lipinski definition) is 2. The molecular weight excluding hydrogens is 280 g/mol. The Morgan fingerprint density at radius 1 is 0.609 bits per heavy atom. The Labute approximate surface area is 147 Å². The molecule has 3 N–H and O–H groups in total. The predicted molar refractivity (Wildman–Crippen MR) is 106 cm³/mol. The monoisotopic (exact) mass is 326 g/mol. The summed E-state index contributed by atoms with van der Waals surface area (Å²) in [6.07, 6.45) is 24.3. The number of likely N-dealkylation sites (N-methyl/N-ethyl adjacent to an activating group) is 1. The van der Waals surface area contributed by atoms with Gasteiger partial charge < -0.3 is 11.1 Å². The lowest BCUT2D eigenvalue weighted by atomic mass is 10.0. The first-order valence-corrected chi connectivity index (χ1v) is 10.7. The van der Waals surface area contributed by atoms with E-state index in [1.165, 1.54) is 109 Å². The Morgan fingerprint density at radius 2 is 0.957 bits per heavy atom. The van der Waals surface area contributed by atoms with Crippen LogP contribution in [-0.2, 0) is 0 Å². The van der Waals surface area contributed by atoms with E-state index < -0.39 is 0 Å². The average Bonchev–Trinajstić information content (AvgIpc) is 2.58. The average molecular weight is 327 g/mol. The van der Waals surface area contributed by atoms with Crippen LogP contribution in [0.25, 0.3) is 0 Å². The lowest BCUT2D eigenvalue weighted by molar-refractivity contribution is 0.483. The molecular formula is C21H46N2. The van der Waals surface area contributed by atoms with E-state index in [2.05, 4.69) is 12.2 Å². The minimum Gasteiger partial charge on any atom is -0.329 e. The summed E-state index contributed by atoms with van der Waals surface area (Å²) < 4.78 is 0. The molecule has 0 aliphatic rings. The van der Waals surface area contributed by atoms with Crippen molar-refractivity contribution in [1.29, 1.82) is 0 Å². The highest BCUT2D eigenvalue weighted by molar-refractivity contribution is 4.64. The zero-order chi connectivity index (χ0) is 17.0. The molecule has 0 aliphatic heterocycles. The summed E-state index contributed by atoms with van der Waals surface area (Å²) >= 11 is 0. The summed E-state index contributed by atoms with van der Waals surface area (Å²) in [4.78, 5) is 0. The summed E-state index contributed by atoms with van der Waals surface area (Å²) in [6.45, 7) is 3.07. The van der Waals surface area contributed by atoms with Gasteiger partial charge in [0.15, 0.2) is 0 Å². The van der Waals surface area contributed by atoms with E-state index in [0.29, 0.717) is 6.04 Å². The summed E-state index contributed by atoms with van der Waals surface area (Å²) in [5, 5.41) is 3.28. The maximum absolute atomic E-state index is 5.69. The van der Waals surface area contributed by atoms with Crippen molar-refractivity contribution in [3.05, 3.63) is 0 Å². The Bertz CT molecular complexity index is 202. The van der Waals surface area contributed by atoms with E-state index in [1.807, 2.05) is 7.05 Å². The molecule has 0 aromatic heterocycles. The Balaban J connectivity index is 3.02. The zero-order valence-electron chi connectivity index (χ0n) is 16.4. The van der Waals surface area contributed by atoms with Crippen molar-refractivity contribution >= 4 is 0 Å². The standard InChI is InChI=1S/C21H46N2/c1-3-4-5-6-7-8-9-10-11-12-13-14-15-16-17-18-19-21(20-22)23-2/h21,23H,3-20,22H2,1-2H3. The normalized spacial score (nSPS) is 12.7. The first kappa shape index (κ1) is 22.9. The van der Waals surface area contributed by atoms with Crippen molar-refractivity contribution in [2.75, 3.05) is 13.6 Å². The molecule has 0 rings (SSSR count). The van der Waals surface area contributed by atoms with Gasteiger partial charge in [-0.15, -0.1) is 0 Å². The second-order valence-electron chi connectivity index (χ2n) is 7.31. The van der Waals surface area contributed by atoms with Crippen LogP contribution in [0.4, 0.5) is 0 Å². The smallest absolute Gasteiger partial charge is 0.0187 e. The fraction of sp³-hybridized carbons (Fsp3) is 1.00. The lowest BCUT2D eigenvalue weighted by Gasteiger charge is -2.12. The molecule has 0 aromatic rings. The third-order valence-corrected chi connectivity index (χ3v) is 5.10. The summed E-state index contributed by atoms with van der Waals surface area (Å²) in [5.74, 6) is 0. The van der Waals surface area contributed by atoms with Crippen LogP contribution in [0, 0.1) is 0 Å². The van der Waals surface area contributed by atoms with Gasteiger partial charge in [-0.25, -0.2) is 0 Å². The Kier molecular flexibility index (Phi) is 19.9. The molecule has 23 heavy (non-hydrogen) atoms. The first-order chi connectivity index (χ1) is 11.3. The largest absolute Gasteiger partial charge is 0.329 e. The van der Waals surface area contributed by atoms with Gasteiger partial charge in [0.25, 0.3) is 0 Å². The van der Waals surface area contributed by atoms with Crippen LogP contribution >= 0.6 is 0 Å². The minimum atomic E-state index is 0.529. The molecule has 0 aromatic carbocycles. The van der Waals surface area contributed by atoms with Crippen molar-refractivity contribution in [2.24, 2.45) is 5.73 Å². The third kappa shape index (κ3) is 18.1. The number of hydrogen-bond acceptors (Lipinski definition) is 2. The number of nitrogens with two attached hydrogens (primary N) is 1. The molecule has 140 valence electrons. The summed E-state index contributed by atoms with van der Waals surface area (Å²) in [5.41, 5.74) is 5.69. The molecule has 0 saturated carbocycles. The van der Waals surface area contributed by atoms with Crippen LogP contribution in [0.15, 0.2) is 0 Å². The summed E-state index contributed by atoms with van der Waals surface area (Å²) in [7, 11) is 2.02. The molecule has 2 heteroatoms. The molecule has 1 unspecified atom stereocenters. The van der Waals surface area contributed by atoms with Gasteiger partial charge in [0.1, 0.15) is 0 Å². The van der Waals surface area contributed by atoms with Gasteiger partial charge in [-0.2, -0.15) is 0 Å². The van der Waals surface area contributed by atoms with Crippen LogP contribution in [0.5, 0.6) is 0 Å². The SMILES string of the molecule is CCCCCCCCCCCCCCCCCCC(CN)NC. The maximum atomic E-state index is 5.69. The van der Waals surface area contributed by atoms with Crippen molar-refractivity contribution in [2.45, 2.75) is 122 Å². The van der Waals surface area contributed by atoms with Crippen LogP contribution in [0.3, 0.4) is 0 Å². The molecule has 0 fully saturated rings. The van der Waals surface area contributed by atoms with E-state index >= 15 is 0 Å². The van der Waals surface area contributed by atoms with Gasteiger partial charge in [0.05, 0.1) is 0 Å². The van der Waals surface area contributed by atoms with Gasteiger partial charge in [-0.3, -0.25) is 0 Å². The van der Waals surface area contributed by atoms with Gasteiger partial charge in [0, 0.05) is 12.6 Å². The second kappa shape index (κ2) is 20.0. The lowest BCUT2D eigenvalue weighted by Crippen LogP contribution is -2.32. The predicted octanol–water partition coefficient (Wildman–Crippen LogP) is 6.18. The molecule has 0 amide bonds. The van der Waals surface area contributed by atoms with Crippen LogP contribution in [0.1, 0.15) is 116 Å². The van der Waals surface area contributed by atoms with Crippen LogP contribution < -0.4 is 11.1 Å². The third-order valence-electron chi connectivity index (χ3n) is 5.10. The zero-order valence-corrected chi connectivity index (χ0v) is 16.4. The fourth-order valence-electron chi connectivity index (χ4n) is 3.32. The molecule has 1 atom stereocenters. The molecule has 0 bridgehead atoms. The maximum Gasteiger partial charge on any atom is 0.0187 e. The molecule has 0 heterocycles. The Hall–Kier alpha value is -0.0800. The van der Waals surface area contributed by atoms with Gasteiger partial charge in [-0.1, -0.05) is 110 Å². The van der Waals surface area contributed by atoms with E-state index in [4.69, 9.17) is 5.73 Å². The fourth-order valence-corrected chi connectivity index (χ4v) is 3.32. The topological polar surface area (TPSA) is 38.0 Å². The highest BCUT2D eigenvalue weighted by atomic mass is 14.9. The quantitative estimate of drug-likeness (QED) is 0.278. The van der Waals surface area contributed by atoms with E-state index in [0.717, 1.165) is 6.54 Å². The molecule has 0 aliphatic carbocycles. The van der Waals surface area contributed by atoms with Crippen molar-refractivity contribution in [3.8, 4) is 0 Å². The number of rotatable bonds is 19. The first-order valence-electron chi connectivity index (χ1n) is 10.7. The van der Waals surface area contributed by atoms with Crippen LogP contribution in [0.2, 0.25) is 0 Å². The van der Waals surface area contributed by atoms with Crippen molar-refractivity contribution in [1.82, 2.24) is 5.32 Å². The molecule has 2 nitrogen and oxygen atoms in total. The van der Waals surface area contributed by atoms with Gasteiger partial charge in [-0.05, 0) is 13.5 Å². The minimum absolute atomic E-state index is 0.529. The molecule has 0 spiro atoms. The highest BCUT2D eigenvalue weighted by Gasteiger charge is 2.01.